The number of nitrogens with two attached hydrogens (primary N) is 1. The van der Waals surface area contributed by atoms with Gasteiger partial charge in [0.25, 0.3) is 0 Å². The summed E-state index contributed by atoms with van der Waals surface area (Å²) in [5.74, 6) is -0.730. The maximum absolute atomic E-state index is 13.2. The van der Waals surface area contributed by atoms with Crippen LogP contribution in [-0.4, -0.2) is 41.5 Å². The van der Waals surface area contributed by atoms with Crippen molar-refractivity contribution in [3.05, 3.63) is 46.7 Å². The molecule has 1 fully saturated rings. The first-order valence-electron chi connectivity index (χ1n) is 7.93. The monoisotopic (exact) mass is 348 g/mol. The number of aryl methyl sites for hydroxylation is 1. The van der Waals surface area contributed by atoms with Crippen molar-refractivity contribution in [1.29, 1.82) is 0 Å². The van der Waals surface area contributed by atoms with Crippen LogP contribution < -0.4 is 10.6 Å². The van der Waals surface area contributed by atoms with Crippen molar-refractivity contribution in [2.24, 2.45) is 5.73 Å². The van der Waals surface area contributed by atoms with Gasteiger partial charge in [0.15, 0.2) is 5.13 Å². The molecule has 1 aromatic heterocycles. The zero-order chi connectivity index (χ0) is 17.3. The normalized spacial score (nSPS) is 20.1. The predicted octanol–water partition coefficient (Wildman–Crippen LogP) is 2.33. The Kier molecular flexibility index (Phi) is 4.82. The average Bonchev–Trinajstić information content (AvgIpc) is 2.95. The molecule has 2 N–H and O–H groups in total. The summed E-state index contributed by atoms with van der Waals surface area (Å²) < 4.78 is 13.2. The topological polar surface area (TPSA) is 62.5 Å². The number of carbonyl (C=O) groups is 1. The molecule has 0 saturated carbocycles. The molecule has 0 bridgehead atoms. The SMILES string of the molecule is Cc1csc(N2CCN([C@H](C(N)=O)c3ccc(F)cc3)C[C@H]2C)n1. The third-order valence-corrected chi connectivity index (χ3v) is 5.33. The molecule has 3 rings (SSSR count). The Balaban J connectivity index is 1.77. The molecular formula is C17H21FN4OS. The lowest BCUT2D eigenvalue weighted by atomic mass is 10.0. The number of halogens is 1. The van der Waals surface area contributed by atoms with Crippen LogP contribution in [0.15, 0.2) is 29.6 Å². The van der Waals surface area contributed by atoms with Crippen molar-refractivity contribution < 1.29 is 9.18 Å². The highest BCUT2D eigenvalue weighted by Gasteiger charge is 2.33. The van der Waals surface area contributed by atoms with Gasteiger partial charge in [0.2, 0.25) is 5.91 Å². The van der Waals surface area contributed by atoms with Gasteiger partial charge in [0.05, 0.1) is 5.69 Å². The second-order valence-electron chi connectivity index (χ2n) is 6.17. The van der Waals surface area contributed by atoms with E-state index < -0.39 is 11.9 Å². The van der Waals surface area contributed by atoms with E-state index >= 15 is 0 Å². The molecule has 2 atom stereocenters. The van der Waals surface area contributed by atoms with Crippen molar-refractivity contribution in [2.75, 3.05) is 24.5 Å². The van der Waals surface area contributed by atoms with Gasteiger partial charge in [0, 0.05) is 31.1 Å². The lowest BCUT2D eigenvalue weighted by Gasteiger charge is -2.42. The number of primary amides is 1. The van der Waals surface area contributed by atoms with Crippen LogP contribution in [0.5, 0.6) is 0 Å². The smallest absolute Gasteiger partial charge is 0.239 e. The Morgan fingerprint density at radius 3 is 2.62 bits per heavy atom. The summed E-state index contributed by atoms with van der Waals surface area (Å²) in [6, 6.07) is 5.67. The molecule has 24 heavy (non-hydrogen) atoms. The number of benzene rings is 1. The second kappa shape index (κ2) is 6.86. The first-order valence-corrected chi connectivity index (χ1v) is 8.81. The van der Waals surface area contributed by atoms with Crippen LogP contribution >= 0.6 is 11.3 Å². The molecule has 5 nitrogen and oxygen atoms in total. The summed E-state index contributed by atoms with van der Waals surface area (Å²) in [6.45, 7) is 6.28. The number of carbonyl (C=O) groups excluding carboxylic acids is 1. The number of hydrogen-bond donors (Lipinski definition) is 1. The number of rotatable bonds is 4. The van der Waals surface area contributed by atoms with Gasteiger partial charge in [0.1, 0.15) is 11.9 Å². The third-order valence-electron chi connectivity index (χ3n) is 4.33. The molecule has 7 heteroatoms. The average molecular weight is 348 g/mol. The van der Waals surface area contributed by atoms with Crippen molar-refractivity contribution >= 4 is 22.4 Å². The Morgan fingerprint density at radius 2 is 2.08 bits per heavy atom. The van der Waals surface area contributed by atoms with Gasteiger partial charge in [-0.2, -0.15) is 0 Å². The van der Waals surface area contributed by atoms with Crippen LogP contribution in [0.1, 0.15) is 24.2 Å². The molecule has 0 unspecified atom stereocenters. The number of aromatic nitrogens is 1. The van der Waals surface area contributed by atoms with Crippen LogP contribution in [0.4, 0.5) is 9.52 Å². The fourth-order valence-corrected chi connectivity index (χ4v) is 4.11. The summed E-state index contributed by atoms with van der Waals surface area (Å²) in [4.78, 5) is 20.9. The molecule has 1 aromatic carbocycles. The minimum absolute atomic E-state index is 0.214. The summed E-state index contributed by atoms with van der Waals surface area (Å²) in [6.07, 6.45) is 0. The van der Waals surface area contributed by atoms with E-state index in [-0.39, 0.29) is 11.9 Å². The summed E-state index contributed by atoms with van der Waals surface area (Å²) in [5, 5.41) is 3.05. The fraction of sp³-hybridized carbons (Fsp3) is 0.412. The predicted molar refractivity (Wildman–Crippen MR) is 93.6 cm³/mol. The number of thiazole rings is 1. The van der Waals surface area contributed by atoms with Crippen LogP contribution in [0.25, 0.3) is 0 Å². The van der Waals surface area contributed by atoms with E-state index in [2.05, 4.69) is 21.7 Å². The molecule has 1 saturated heterocycles. The Bertz CT molecular complexity index is 718. The Labute approximate surface area is 144 Å². The fourth-order valence-electron chi connectivity index (χ4n) is 3.18. The molecule has 2 heterocycles. The lowest BCUT2D eigenvalue weighted by molar-refractivity contribution is -0.123. The Hall–Kier alpha value is -1.99. The number of hydrogen-bond acceptors (Lipinski definition) is 5. The van der Waals surface area contributed by atoms with E-state index in [9.17, 15) is 9.18 Å². The maximum atomic E-state index is 13.2. The van der Waals surface area contributed by atoms with E-state index in [1.54, 1.807) is 23.5 Å². The molecule has 2 aromatic rings. The third kappa shape index (κ3) is 3.42. The van der Waals surface area contributed by atoms with E-state index in [1.165, 1.54) is 12.1 Å². The van der Waals surface area contributed by atoms with Gasteiger partial charge in [-0.15, -0.1) is 11.3 Å². The highest BCUT2D eigenvalue weighted by Crippen LogP contribution is 2.28. The van der Waals surface area contributed by atoms with Gasteiger partial charge in [-0.1, -0.05) is 12.1 Å². The largest absolute Gasteiger partial charge is 0.368 e. The van der Waals surface area contributed by atoms with Crippen molar-refractivity contribution in [3.63, 3.8) is 0 Å². The highest BCUT2D eigenvalue weighted by atomic mass is 32.1. The molecule has 1 amide bonds. The number of anilines is 1. The first kappa shape index (κ1) is 16.9. The van der Waals surface area contributed by atoms with Crippen molar-refractivity contribution in [3.8, 4) is 0 Å². The van der Waals surface area contributed by atoms with Gasteiger partial charge >= 0.3 is 0 Å². The zero-order valence-corrected chi connectivity index (χ0v) is 14.6. The van der Waals surface area contributed by atoms with Gasteiger partial charge in [-0.3, -0.25) is 9.69 Å². The summed E-state index contributed by atoms with van der Waals surface area (Å²) >= 11 is 1.64. The zero-order valence-electron chi connectivity index (χ0n) is 13.8. The second-order valence-corrected chi connectivity index (χ2v) is 7.00. The minimum atomic E-state index is -0.534. The van der Waals surface area contributed by atoms with Crippen LogP contribution in [0.2, 0.25) is 0 Å². The summed E-state index contributed by atoms with van der Waals surface area (Å²) in [5.41, 5.74) is 7.38. The molecule has 128 valence electrons. The summed E-state index contributed by atoms with van der Waals surface area (Å²) in [7, 11) is 0. The number of nitrogens with zero attached hydrogens (tertiary/aromatic N) is 3. The van der Waals surface area contributed by atoms with Gasteiger partial charge in [-0.05, 0) is 31.5 Å². The number of piperazine rings is 1. The van der Waals surface area contributed by atoms with Crippen LogP contribution in [-0.2, 0) is 4.79 Å². The lowest BCUT2D eigenvalue weighted by Crippen LogP contribution is -2.54. The van der Waals surface area contributed by atoms with E-state index in [1.807, 2.05) is 12.3 Å². The van der Waals surface area contributed by atoms with Crippen LogP contribution in [0, 0.1) is 12.7 Å². The molecular weight excluding hydrogens is 327 g/mol. The van der Waals surface area contributed by atoms with Gasteiger partial charge in [-0.25, -0.2) is 9.37 Å². The maximum Gasteiger partial charge on any atom is 0.239 e. The van der Waals surface area contributed by atoms with E-state index in [0.717, 1.165) is 22.9 Å². The van der Waals surface area contributed by atoms with Crippen molar-refractivity contribution in [2.45, 2.75) is 25.9 Å². The molecule has 0 aliphatic carbocycles. The molecule has 1 aliphatic heterocycles. The number of amides is 1. The van der Waals surface area contributed by atoms with Gasteiger partial charge < -0.3 is 10.6 Å². The minimum Gasteiger partial charge on any atom is -0.368 e. The molecule has 0 radical (unpaired) electrons. The van der Waals surface area contributed by atoms with E-state index in [4.69, 9.17) is 5.73 Å². The quantitative estimate of drug-likeness (QED) is 0.921. The standard InChI is InChI=1S/C17H21FN4OS/c1-11-10-24-17(20-11)22-8-7-21(9-12(22)2)15(16(19)23)13-3-5-14(18)6-4-13/h3-6,10,12,15H,7-9H2,1-2H3,(H2,19,23)/t12-,15+/m1/s1. The Morgan fingerprint density at radius 1 is 1.38 bits per heavy atom. The van der Waals surface area contributed by atoms with Crippen LogP contribution in [0.3, 0.4) is 0 Å². The highest BCUT2D eigenvalue weighted by molar-refractivity contribution is 7.13. The van der Waals surface area contributed by atoms with Crippen molar-refractivity contribution in [1.82, 2.24) is 9.88 Å². The molecule has 1 aliphatic rings. The molecule has 0 spiro atoms. The first-order chi connectivity index (χ1) is 11.5. The van der Waals surface area contributed by atoms with E-state index in [0.29, 0.717) is 13.1 Å².